The summed E-state index contributed by atoms with van der Waals surface area (Å²) in [6.07, 6.45) is 1.87. The number of carbonyl (C=O) groups excluding carboxylic acids is 5. The standard InChI is InChI=1S/C33H25BrCl2N2O6/c1-16(39)17-6-9-19(10-7-17)38-28(41)22-13-12-21-24(25(22)29(38)42)14-32(35)30(43)37(15-34)31(44)33(32,36)26(21)23-11-8-18-4-2-3-5-20(18)27(23)40/h2-12,22,24-26,40H,13-15H2,1H3. The third-order valence-corrected chi connectivity index (χ3v) is 11.7. The molecule has 6 atom stereocenters. The van der Waals surface area contributed by atoms with Crippen LogP contribution in [0, 0.1) is 17.8 Å². The summed E-state index contributed by atoms with van der Waals surface area (Å²) >= 11 is 17.8. The van der Waals surface area contributed by atoms with Crippen molar-refractivity contribution in [2.45, 2.75) is 35.4 Å². The molecule has 7 rings (SSSR count). The average Bonchev–Trinajstić information content (AvgIpc) is 3.35. The molecule has 4 aliphatic rings. The van der Waals surface area contributed by atoms with Gasteiger partial charge in [0.2, 0.25) is 11.8 Å². The number of Topliss-reactive ketones (excluding diaryl/α,β-unsaturated/α-hetero) is 1. The normalized spacial score (nSPS) is 31.2. The van der Waals surface area contributed by atoms with Crippen LogP contribution in [0.2, 0.25) is 0 Å². The molecule has 1 saturated carbocycles. The third-order valence-electron chi connectivity index (χ3n) is 9.79. The summed E-state index contributed by atoms with van der Waals surface area (Å²) in [6.45, 7) is 1.43. The van der Waals surface area contributed by atoms with Gasteiger partial charge in [0.25, 0.3) is 11.8 Å². The molecular weight excluding hydrogens is 671 g/mol. The zero-order valence-electron chi connectivity index (χ0n) is 23.3. The molecule has 6 unspecified atom stereocenters. The number of halogens is 3. The number of hydrogen-bond donors (Lipinski definition) is 1. The number of hydrogen-bond acceptors (Lipinski definition) is 6. The number of imide groups is 2. The highest BCUT2D eigenvalue weighted by Gasteiger charge is 2.76. The smallest absolute Gasteiger partial charge is 0.254 e. The third kappa shape index (κ3) is 3.66. The molecule has 3 aromatic rings. The molecule has 8 nitrogen and oxygen atoms in total. The highest BCUT2D eigenvalue weighted by atomic mass is 79.9. The van der Waals surface area contributed by atoms with Crippen LogP contribution in [0.15, 0.2) is 72.3 Å². The van der Waals surface area contributed by atoms with Crippen molar-refractivity contribution >= 4 is 85.0 Å². The first-order chi connectivity index (χ1) is 21.0. The fourth-order valence-electron chi connectivity index (χ4n) is 7.70. The van der Waals surface area contributed by atoms with Crippen molar-refractivity contribution in [3.63, 3.8) is 0 Å². The van der Waals surface area contributed by atoms with E-state index in [4.69, 9.17) is 23.2 Å². The number of amides is 4. The van der Waals surface area contributed by atoms with Crippen LogP contribution in [0.4, 0.5) is 5.69 Å². The van der Waals surface area contributed by atoms with Gasteiger partial charge in [-0.3, -0.25) is 33.8 Å². The summed E-state index contributed by atoms with van der Waals surface area (Å²) < 4.78 is 0. The molecule has 4 amide bonds. The minimum Gasteiger partial charge on any atom is -0.507 e. The Morgan fingerprint density at radius 3 is 2.34 bits per heavy atom. The molecule has 2 saturated heterocycles. The monoisotopic (exact) mass is 694 g/mol. The van der Waals surface area contributed by atoms with E-state index < -0.39 is 57.0 Å². The highest BCUT2D eigenvalue weighted by molar-refractivity contribution is 9.09. The molecule has 224 valence electrons. The number of aromatic hydroxyl groups is 1. The van der Waals surface area contributed by atoms with Gasteiger partial charge >= 0.3 is 0 Å². The summed E-state index contributed by atoms with van der Waals surface area (Å²) in [5.41, 5.74) is 1.55. The van der Waals surface area contributed by atoms with Gasteiger partial charge in [0, 0.05) is 22.4 Å². The van der Waals surface area contributed by atoms with Crippen molar-refractivity contribution in [3.05, 3.63) is 83.4 Å². The molecule has 2 heterocycles. The van der Waals surface area contributed by atoms with E-state index in [0.717, 1.165) is 15.2 Å². The van der Waals surface area contributed by atoms with Crippen molar-refractivity contribution in [3.8, 4) is 5.75 Å². The van der Waals surface area contributed by atoms with Crippen LogP contribution in [-0.2, 0) is 19.2 Å². The zero-order valence-corrected chi connectivity index (χ0v) is 26.4. The largest absolute Gasteiger partial charge is 0.507 e. The molecule has 3 fully saturated rings. The second-order valence-corrected chi connectivity index (χ2v) is 13.6. The first-order valence-electron chi connectivity index (χ1n) is 14.1. The minimum atomic E-state index is -2.01. The average molecular weight is 696 g/mol. The molecule has 2 aliphatic carbocycles. The number of benzene rings is 3. The zero-order chi connectivity index (χ0) is 31.3. The lowest BCUT2D eigenvalue weighted by Crippen LogP contribution is -2.60. The molecule has 44 heavy (non-hydrogen) atoms. The number of carbonyl (C=O) groups is 5. The van der Waals surface area contributed by atoms with E-state index in [2.05, 4.69) is 15.9 Å². The van der Waals surface area contributed by atoms with Gasteiger partial charge in [-0.05, 0) is 55.3 Å². The summed E-state index contributed by atoms with van der Waals surface area (Å²) in [5, 5.41) is 12.9. The lowest BCUT2D eigenvalue weighted by Gasteiger charge is -2.50. The number of likely N-dealkylation sites (tertiary alicyclic amines) is 1. The van der Waals surface area contributed by atoms with Crippen LogP contribution in [0.5, 0.6) is 5.75 Å². The lowest BCUT2D eigenvalue weighted by molar-refractivity contribution is -0.138. The van der Waals surface area contributed by atoms with Crippen LogP contribution in [0.1, 0.15) is 41.6 Å². The summed E-state index contributed by atoms with van der Waals surface area (Å²) in [6, 6.07) is 16.9. The van der Waals surface area contributed by atoms with Crippen molar-refractivity contribution in [2.24, 2.45) is 17.8 Å². The number of anilines is 1. The maximum Gasteiger partial charge on any atom is 0.254 e. The minimum absolute atomic E-state index is 0.102. The van der Waals surface area contributed by atoms with Gasteiger partial charge in [-0.15, -0.1) is 23.2 Å². The Bertz CT molecular complexity index is 1860. The van der Waals surface area contributed by atoms with E-state index in [1.165, 1.54) is 6.92 Å². The Morgan fingerprint density at radius 2 is 1.66 bits per heavy atom. The fraction of sp³-hybridized carbons (Fsp3) is 0.303. The predicted molar refractivity (Wildman–Crippen MR) is 168 cm³/mol. The van der Waals surface area contributed by atoms with E-state index in [-0.39, 0.29) is 29.8 Å². The first kappa shape index (κ1) is 29.2. The first-order valence-corrected chi connectivity index (χ1v) is 16.0. The van der Waals surface area contributed by atoms with Crippen molar-refractivity contribution in [2.75, 3.05) is 10.4 Å². The van der Waals surface area contributed by atoms with E-state index >= 15 is 0 Å². The quantitative estimate of drug-likeness (QED) is 0.124. The Balaban J connectivity index is 1.39. The Kier molecular flexibility index (Phi) is 6.63. The number of alkyl halides is 3. The van der Waals surface area contributed by atoms with E-state index in [1.54, 1.807) is 48.5 Å². The van der Waals surface area contributed by atoms with Gasteiger partial charge in [0.05, 0.1) is 23.0 Å². The molecule has 0 radical (unpaired) electrons. The van der Waals surface area contributed by atoms with Gasteiger partial charge in [-0.1, -0.05) is 64.0 Å². The summed E-state index contributed by atoms with van der Waals surface area (Å²) in [5.74, 6) is -5.88. The molecule has 3 aromatic carbocycles. The van der Waals surface area contributed by atoms with Crippen molar-refractivity contribution in [1.29, 1.82) is 0 Å². The van der Waals surface area contributed by atoms with Crippen LogP contribution in [0.3, 0.4) is 0 Å². The summed E-state index contributed by atoms with van der Waals surface area (Å²) in [7, 11) is 0. The molecule has 0 spiro atoms. The molecule has 0 bridgehead atoms. The maximum atomic E-state index is 14.2. The summed E-state index contributed by atoms with van der Waals surface area (Å²) in [4.78, 5) is 65.7. The number of ketones is 1. The van der Waals surface area contributed by atoms with Crippen LogP contribution in [0.25, 0.3) is 10.8 Å². The Morgan fingerprint density at radius 1 is 0.955 bits per heavy atom. The maximum absolute atomic E-state index is 14.2. The predicted octanol–water partition coefficient (Wildman–Crippen LogP) is 5.66. The van der Waals surface area contributed by atoms with Crippen LogP contribution in [-0.4, -0.2) is 54.6 Å². The van der Waals surface area contributed by atoms with Gasteiger partial charge < -0.3 is 5.11 Å². The Labute approximate surface area is 270 Å². The van der Waals surface area contributed by atoms with Crippen molar-refractivity contribution < 1.29 is 29.1 Å². The van der Waals surface area contributed by atoms with Crippen LogP contribution >= 0.6 is 39.1 Å². The van der Waals surface area contributed by atoms with Crippen molar-refractivity contribution in [1.82, 2.24) is 4.90 Å². The number of phenolic OH excluding ortho intramolecular Hbond substituents is 1. The van der Waals surface area contributed by atoms with Gasteiger partial charge in [-0.25, -0.2) is 0 Å². The number of nitrogens with zero attached hydrogens (tertiary/aromatic N) is 2. The molecule has 11 heteroatoms. The molecular formula is C33H25BrCl2N2O6. The van der Waals surface area contributed by atoms with Gasteiger partial charge in [-0.2, -0.15) is 0 Å². The number of rotatable bonds is 4. The molecule has 2 aliphatic heterocycles. The number of phenols is 1. The lowest BCUT2D eigenvalue weighted by atomic mass is 9.56. The molecule has 1 N–H and O–H groups in total. The second kappa shape index (κ2) is 9.99. The molecule has 0 aromatic heterocycles. The van der Waals surface area contributed by atoms with E-state index in [0.29, 0.717) is 27.8 Å². The van der Waals surface area contributed by atoms with E-state index in [9.17, 15) is 29.1 Å². The van der Waals surface area contributed by atoms with E-state index in [1.807, 2.05) is 18.2 Å². The fourth-order valence-corrected chi connectivity index (χ4v) is 9.12. The SMILES string of the molecule is CC(=O)c1ccc(N2C(=O)C3CC=C4C(CC5(Cl)C(=O)N(CBr)C(=O)C5(Cl)C4c4ccc5ccccc5c4O)C3C2=O)cc1. The number of allylic oxidation sites excluding steroid dienone is 2. The van der Waals surface area contributed by atoms with Gasteiger partial charge in [0.1, 0.15) is 5.75 Å². The van der Waals surface area contributed by atoms with Gasteiger partial charge in [0.15, 0.2) is 15.5 Å². The Hall–Kier alpha value is -3.53. The van der Waals surface area contributed by atoms with Crippen LogP contribution < -0.4 is 4.90 Å². The second-order valence-electron chi connectivity index (χ2n) is 11.8. The topological polar surface area (TPSA) is 112 Å². The number of fused-ring (bicyclic) bond motifs is 5. The highest BCUT2D eigenvalue weighted by Crippen LogP contribution is 2.66.